The fourth-order valence-electron chi connectivity index (χ4n) is 3.79. The molecule has 1 aromatic rings. The Bertz CT molecular complexity index is 636. The second-order valence-corrected chi connectivity index (χ2v) is 7.85. The number of nitrogens with zero attached hydrogens (tertiary/aromatic N) is 2. The topological polar surface area (TPSA) is 68.8 Å². The first-order valence-electron chi connectivity index (χ1n) is 10.5. The molecule has 2 rings (SSSR count). The minimum Gasteiger partial charge on any atom is -0.355 e. The maximum atomic E-state index is 11.8. The van der Waals surface area contributed by atoms with Crippen LogP contribution in [-0.2, 0) is 6.54 Å². The van der Waals surface area contributed by atoms with Gasteiger partial charge in [-0.25, -0.2) is 0 Å². The van der Waals surface area contributed by atoms with Gasteiger partial charge in [0.2, 0.25) is 0 Å². The lowest BCUT2D eigenvalue weighted by Gasteiger charge is -2.34. The molecule has 1 atom stereocenters. The van der Waals surface area contributed by atoms with Gasteiger partial charge in [-0.15, -0.1) is 0 Å². The minimum absolute atomic E-state index is 0.0680. The van der Waals surface area contributed by atoms with E-state index in [4.69, 9.17) is 0 Å². The first-order chi connectivity index (χ1) is 13.5. The van der Waals surface area contributed by atoms with Gasteiger partial charge < -0.3 is 16.0 Å². The molecule has 1 amide bonds. The lowest BCUT2D eigenvalue weighted by molar-refractivity contribution is 0.0963. The van der Waals surface area contributed by atoms with Gasteiger partial charge >= 0.3 is 0 Å². The van der Waals surface area contributed by atoms with Crippen molar-refractivity contribution in [2.75, 3.05) is 33.7 Å². The van der Waals surface area contributed by atoms with Crippen LogP contribution in [0.3, 0.4) is 0 Å². The summed E-state index contributed by atoms with van der Waals surface area (Å²) in [6.07, 6.45) is 5.32. The van der Waals surface area contributed by atoms with Crippen LogP contribution in [0.4, 0.5) is 0 Å². The summed E-state index contributed by atoms with van der Waals surface area (Å²) in [4.78, 5) is 18.8. The number of hydrogen-bond donors (Lipinski definition) is 3. The maximum Gasteiger partial charge on any atom is 0.251 e. The van der Waals surface area contributed by atoms with Crippen molar-refractivity contribution in [1.29, 1.82) is 0 Å². The Morgan fingerprint density at radius 2 is 1.86 bits per heavy atom. The average Bonchev–Trinajstić information content (AvgIpc) is 2.99. The van der Waals surface area contributed by atoms with Gasteiger partial charge in [0, 0.05) is 38.8 Å². The fourth-order valence-corrected chi connectivity index (χ4v) is 3.79. The second kappa shape index (κ2) is 11.7. The summed E-state index contributed by atoms with van der Waals surface area (Å²) in [5.74, 6) is 1.32. The zero-order valence-corrected chi connectivity index (χ0v) is 17.9. The van der Waals surface area contributed by atoms with Crippen molar-refractivity contribution in [1.82, 2.24) is 20.9 Å². The summed E-state index contributed by atoms with van der Waals surface area (Å²) in [6.45, 7) is 8.51. The standard InChI is InChI=1S/C22H37N5O/c1-17(2)20(27-12-7-5-6-8-13-27)16-26-22(24-4)25-15-18-10-9-11-19(14-18)21(28)23-3/h9-11,14,17,20H,5-8,12-13,15-16H2,1-4H3,(H,23,28)(H2,24,25,26). The second-order valence-electron chi connectivity index (χ2n) is 7.85. The highest BCUT2D eigenvalue weighted by molar-refractivity contribution is 5.94. The van der Waals surface area contributed by atoms with Crippen LogP contribution in [0.5, 0.6) is 0 Å². The Labute approximate surface area is 170 Å². The lowest BCUT2D eigenvalue weighted by Crippen LogP contribution is -2.49. The highest BCUT2D eigenvalue weighted by Crippen LogP contribution is 2.17. The Balaban J connectivity index is 1.90. The van der Waals surface area contributed by atoms with E-state index in [-0.39, 0.29) is 5.91 Å². The average molecular weight is 388 g/mol. The molecule has 1 saturated heterocycles. The number of guanidine groups is 1. The molecular weight excluding hydrogens is 350 g/mol. The first-order valence-corrected chi connectivity index (χ1v) is 10.5. The molecule has 1 aliphatic rings. The normalized spacial score (nSPS) is 17.1. The van der Waals surface area contributed by atoms with Gasteiger partial charge in [-0.3, -0.25) is 14.7 Å². The molecule has 0 aromatic heterocycles. The predicted molar refractivity (Wildman–Crippen MR) is 117 cm³/mol. The Hall–Kier alpha value is -2.08. The van der Waals surface area contributed by atoms with Gasteiger partial charge in [-0.05, 0) is 49.5 Å². The molecule has 1 fully saturated rings. The summed E-state index contributed by atoms with van der Waals surface area (Å²) < 4.78 is 0. The number of rotatable bonds is 7. The molecule has 28 heavy (non-hydrogen) atoms. The molecule has 1 aromatic carbocycles. The van der Waals surface area contributed by atoms with Crippen molar-refractivity contribution < 1.29 is 4.79 Å². The van der Waals surface area contributed by atoms with Crippen LogP contribution in [0.2, 0.25) is 0 Å². The molecule has 6 nitrogen and oxygen atoms in total. The van der Waals surface area contributed by atoms with Gasteiger partial charge in [0.25, 0.3) is 5.91 Å². The van der Waals surface area contributed by atoms with E-state index in [0.717, 1.165) is 18.1 Å². The Kier molecular flexibility index (Phi) is 9.28. The third kappa shape index (κ3) is 6.82. The number of carbonyl (C=O) groups is 1. The van der Waals surface area contributed by atoms with E-state index in [1.807, 2.05) is 24.3 Å². The van der Waals surface area contributed by atoms with Crippen molar-refractivity contribution in [3.63, 3.8) is 0 Å². The zero-order chi connectivity index (χ0) is 20.4. The molecule has 3 N–H and O–H groups in total. The molecule has 1 aliphatic heterocycles. The van der Waals surface area contributed by atoms with Crippen LogP contribution >= 0.6 is 0 Å². The number of benzene rings is 1. The molecule has 0 radical (unpaired) electrons. The van der Waals surface area contributed by atoms with Crippen LogP contribution in [0.15, 0.2) is 29.3 Å². The van der Waals surface area contributed by atoms with Gasteiger partial charge in [-0.1, -0.05) is 38.8 Å². The molecule has 1 unspecified atom stereocenters. The highest BCUT2D eigenvalue weighted by atomic mass is 16.1. The molecule has 6 heteroatoms. The quantitative estimate of drug-likeness (QED) is 0.497. The van der Waals surface area contributed by atoms with E-state index in [2.05, 4.69) is 39.7 Å². The third-order valence-corrected chi connectivity index (χ3v) is 5.46. The van der Waals surface area contributed by atoms with Crippen LogP contribution in [0, 0.1) is 5.92 Å². The molecule has 156 valence electrons. The van der Waals surface area contributed by atoms with E-state index in [1.165, 1.54) is 38.8 Å². The largest absolute Gasteiger partial charge is 0.355 e. The Morgan fingerprint density at radius 3 is 2.46 bits per heavy atom. The summed E-state index contributed by atoms with van der Waals surface area (Å²) in [6, 6.07) is 8.16. The molecule has 0 bridgehead atoms. The van der Waals surface area contributed by atoms with Crippen molar-refractivity contribution in [2.45, 2.75) is 52.1 Å². The molecule has 1 heterocycles. The monoisotopic (exact) mass is 387 g/mol. The van der Waals surface area contributed by atoms with Crippen molar-refractivity contribution in [3.05, 3.63) is 35.4 Å². The Morgan fingerprint density at radius 1 is 1.14 bits per heavy atom. The van der Waals surface area contributed by atoms with Crippen molar-refractivity contribution in [2.24, 2.45) is 10.9 Å². The maximum absolute atomic E-state index is 11.8. The van der Waals surface area contributed by atoms with Gasteiger partial charge in [-0.2, -0.15) is 0 Å². The van der Waals surface area contributed by atoms with Crippen LogP contribution in [0.25, 0.3) is 0 Å². The predicted octanol–water partition coefficient (Wildman–Crippen LogP) is 2.61. The summed E-state index contributed by atoms with van der Waals surface area (Å²) in [7, 11) is 3.45. The molecular formula is C22H37N5O. The summed E-state index contributed by atoms with van der Waals surface area (Å²) >= 11 is 0. The van der Waals surface area contributed by atoms with Crippen LogP contribution in [0.1, 0.15) is 55.5 Å². The number of hydrogen-bond acceptors (Lipinski definition) is 3. The van der Waals surface area contributed by atoms with E-state index < -0.39 is 0 Å². The third-order valence-electron chi connectivity index (χ3n) is 5.46. The lowest BCUT2D eigenvalue weighted by atomic mass is 10.0. The molecule has 0 aliphatic carbocycles. The molecule has 0 spiro atoms. The van der Waals surface area contributed by atoms with Crippen molar-refractivity contribution in [3.8, 4) is 0 Å². The fraction of sp³-hybridized carbons (Fsp3) is 0.636. The number of aliphatic imine (C=N–C) groups is 1. The van der Waals surface area contributed by atoms with Gasteiger partial charge in [0.05, 0.1) is 0 Å². The SMILES string of the molecule is CN=C(NCc1cccc(C(=O)NC)c1)NCC(C(C)C)N1CCCCCC1. The number of amides is 1. The number of likely N-dealkylation sites (tertiary alicyclic amines) is 1. The summed E-state index contributed by atoms with van der Waals surface area (Å²) in [5.41, 5.74) is 1.72. The molecule has 0 saturated carbocycles. The van der Waals surface area contributed by atoms with Gasteiger partial charge in [0.1, 0.15) is 0 Å². The smallest absolute Gasteiger partial charge is 0.251 e. The van der Waals surface area contributed by atoms with Crippen LogP contribution in [-0.4, -0.2) is 56.5 Å². The highest BCUT2D eigenvalue weighted by Gasteiger charge is 2.22. The first kappa shape index (κ1) is 22.2. The van der Waals surface area contributed by atoms with Crippen molar-refractivity contribution >= 4 is 11.9 Å². The van der Waals surface area contributed by atoms with E-state index in [9.17, 15) is 4.79 Å². The van der Waals surface area contributed by atoms with Gasteiger partial charge in [0.15, 0.2) is 5.96 Å². The van der Waals surface area contributed by atoms with E-state index >= 15 is 0 Å². The zero-order valence-electron chi connectivity index (χ0n) is 17.9. The number of carbonyl (C=O) groups excluding carboxylic acids is 1. The minimum atomic E-state index is -0.0680. The van der Waals surface area contributed by atoms with Crippen LogP contribution < -0.4 is 16.0 Å². The van der Waals surface area contributed by atoms with E-state index in [1.54, 1.807) is 14.1 Å². The summed E-state index contributed by atoms with van der Waals surface area (Å²) in [5, 5.41) is 9.54. The van der Waals surface area contributed by atoms with E-state index in [0.29, 0.717) is 24.1 Å². The number of nitrogens with one attached hydrogen (secondary N) is 3.